The molecule has 21 heavy (non-hydrogen) atoms. The van der Waals surface area contributed by atoms with Crippen molar-refractivity contribution in [3.63, 3.8) is 0 Å². The normalized spacial score (nSPS) is 16.0. The fraction of sp³-hybridized carbons (Fsp3) is 0.467. The van der Waals surface area contributed by atoms with Gasteiger partial charge in [0.15, 0.2) is 0 Å². The van der Waals surface area contributed by atoms with Crippen LogP contribution in [0.25, 0.3) is 0 Å². The van der Waals surface area contributed by atoms with E-state index in [0.717, 1.165) is 11.4 Å². The van der Waals surface area contributed by atoms with Gasteiger partial charge in [0, 0.05) is 18.8 Å². The van der Waals surface area contributed by atoms with E-state index in [1.807, 2.05) is 31.7 Å². The van der Waals surface area contributed by atoms with Gasteiger partial charge in [0.25, 0.3) is 0 Å². The Hall–Kier alpha value is -2.24. The van der Waals surface area contributed by atoms with Gasteiger partial charge in [-0.25, -0.2) is 9.78 Å². The van der Waals surface area contributed by atoms with Crippen LogP contribution in [-0.2, 0) is 4.74 Å². The minimum absolute atomic E-state index is 0.307. The number of amides is 1. The highest BCUT2D eigenvalue weighted by Gasteiger charge is 2.28. The minimum atomic E-state index is -0.490. The van der Waals surface area contributed by atoms with Crippen molar-refractivity contribution in [3.05, 3.63) is 30.6 Å². The molecule has 1 saturated heterocycles. The molecule has 1 aromatic rings. The van der Waals surface area contributed by atoms with Gasteiger partial charge < -0.3 is 20.3 Å². The lowest BCUT2D eigenvalue weighted by atomic mass is 10.2. The molecule has 0 spiro atoms. The average molecular weight is 290 g/mol. The van der Waals surface area contributed by atoms with E-state index in [1.54, 1.807) is 17.2 Å². The summed E-state index contributed by atoms with van der Waals surface area (Å²) in [7, 11) is 0. The second-order valence-corrected chi connectivity index (χ2v) is 6.06. The van der Waals surface area contributed by atoms with Crippen molar-refractivity contribution in [1.29, 1.82) is 0 Å². The summed E-state index contributed by atoms with van der Waals surface area (Å²) in [6.45, 7) is 11.3. The van der Waals surface area contributed by atoms with Crippen LogP contribution in [-0.4, -0.2) is 41.2 Å². The molecule has 0 radical (unpaired) electrons. The van der Waals surface area contributed by atoms with Crippen LogP contribution < -0.4 is 10.6 Å². The van der Waals surface area contributed by atoms with Crippen LogP contribution in [0.3, 0.4) is 0 Å². The fourth-order valence-corrected chi connectivity index (χ4v) is 2.11. The molecule has 1 aromatic heterocycles. The summed E-state index contributed by atoms with van der Waals surface area (Å²) in [6, 6.07) is 3.65. The molecular formula is C15H22N4O2. The first kappa shape index (κ1) is 15.2. The molecule has 114 valence electrons. The summed E-state index contributed by atoms with van der Waals surface area (Å²) < 4.78 is 5.38. The number of rotatable bonds is 1. The lowest BCUT2D eigenvalue weighted by Crippen LogP contribution is -2.48. The molecular weight excluding hydrogens is 268 g/mol. The number of piperazine rings is 1. The van der Waals surface area contributed by atoms with Crippen molar-refractivity contribution >= 4 is 17.6 Å². The van der Waals surface area contributed by atoms with Crippen LogP contribution in [0.4, 0.5) is 16.3 Å². The Morgan fingerprint density at radius 2 is 2.10 bits per heavy atom. The lowest BCUT2D eigenvalue weighted by Gasteiger charge is -2.38. The van der Waals surface area contributed by atoms with Crippen LogP contribution in [0.2, 0.25) is 0 Å². The van der Waals surface area contributed by atoms with Crippen molar-refractivity contribution in [2.75, 3.05) is 30.3 Å². The van der Waals surface area contributed by atoms with Gasteiger partial charge in [-0.1, -0.05) is 6.58 Å². The molecule has 1 aliphatic heterocycles. The largest absolute Gasteiger partial charge is 0.444 e. The van der Waals surface area contributed by atoms with Gasteiger partial charge in [-0.15, -0.1) is 0 Å². The number of nitrogen functional groups attached to an aromatic ring is 1. The number of hydrogen-bond donors (Lipinski definition) is 1. The number of anilines is 2. The second kappa shape index (κ2) is 5.63. The predicted molar refractivity (Wildman–Crippen MR) is 82.9 cm³/mol. The number of nitrogens with two attached hydrogens (primary N) is 1. The fourth-order valence-electron chi connectivity index (χ4n) is 2.11. The third-order valence-corrected chi connectivity index (χ3v) is 3.08. The Kier molecular flexibility index (Phi) is 4.06. The summed E-state index contributed by atoms with van der Waals surface area (Å²) >= 11 is 0. The molecule has 0 unspecified atom stereocenters. The van der Waals surface area contributed by atoms with Gasteiger partial charge in [-0.2, -0.15) is 0 Å². The summed E-state index contributed by atoms with van der Waals surface area (Å²) in [4.78, 5) is 19.8. The monoisotopic (exact) mass is 290 g/mol. The van der Waals surface area contributed by atoms with Gasteiger partial charge in [0.2, 0.25) is 0 Å². The van der Waals surface area contributed by atoms with Crippen molar-refractivity contribution in [2.45, 2.75) is 26.4 Å². The number of pyridine rings is 1. The van der Waals surface area contributed by atoms with Crippen LogP contribution in [0.5, 0.6) is 0 Å². The highest BCUT2D eigenvalue weighted by atomic mass is 16.6. The number of ether oxygens (including phenoxy) is 1. The Balaban J connectivity index is 2.01. The van der Waals surface area contributed by atoms with Crippen molar-refractivity contribution in [3.8, 4) is 0 Å². The Morgan fingerprint density at radius 1 is 1.38 bits per heavy atom. The number of nitrogens with zero attached hydrogens (tertiary/aromatic N) is 3. The molecule has 6 nitrogen and oxygen atoms in total. The van der Waals surface area contributed by atoms with Gasteiger partial charge in [0.1, 0.15) is 11.4 Å². The maximum absolute atomic E-state index is 12.1. The standard InChI is InChI=1S/C15H22N4O2/c1-11-10-18(14(20)21-15(2,3)4)7-8-19(11)12-5-6-13(16)17-9-12/h5-6,9H,1,7-8,10H2,2-4H3,(H2,16,17). The molecule has 1 aliphatic rings. The quantitative estimate of drug-likeness (QED) is 0.858. The molecule has 0 saturated carbocycles. The SMILES string of the molecule is C=C1CN(C(=O)OC(C)(C)C)CCN1c1ccc(N)nc1. The maximum Gasteiger partial charge on any atom is 0.410 e. The first-order valence-corrected chi connectivity index (χ1v) is 6.91. The van der Waals surface area contributed by atoms with Gasteiger partial charge in [-0.05, 0) is 32.9 Å². The van der Waals surface area contributed by atoms with Gasteiger partial charge >= 0.3 is 6.09 Å². The Morgan fingerprint density at radius 3 is 2.62 bits per heavy atom. The molecule has 0 aliphatic carbocycles. The van der Waals surface area contributed by atoms with Crippen LogP contribution in [0.1, 0.15) is 20.8 Å². The topological polar surface area (TPSA) is 71.7 Å². The van der Waals surface area contributed by atoms with E-state index in [2.05, 4.69) is 11.6 Å². The smallest absolute Gasteiger partial charge is 0.410 e. The van der Waals surface area contributed by atoms with E-state index in [4.69, 9.17) is 10.5 Å². The van der Waals surface area contributed by atoms with Crippen molar-refractivity contribution in [2.24, 2.45) is 0 Å². The third-order valence-electron chi connectivity index (χ3n) is 3.08. The zero-order valence-electron chi connectivity index (χ0n) is 12.8. The van der Waals surface area contributed by atoms with Crippen LogP contribution >= 0.6 is 0 Å². The average Bonchev–Trinajstić information content (AvgIpc) is 2.38. The number of aromatic nitrogens is 1. The van der Waals surface area contributed by atoms with Gasteiger partial charge in [0.05, 0.1) is 18.4 Å². The summed E-state index contributed by atoms with van der Waals surface area (Å²) in [6.07, 6.45) is 1.41. The lowest BCUT2D eigenvalue weighted by molar-refractivity contribution is 0.0257. The molecule has 0 bridgehead atoms. The predicted octanol–water partition coefficient (Wildman–Crippen LogP) is 2.23. The summed E-state index contributed by atoms with van der Waals surface area (Å²) in [5, 5.41) is 0. The maximum atomic E-state index is 12.1. The second-order valence-electron chi connectivity index (χ2n) is 6.06. The zero-order valence-corrected chi connectivity index (χ0v) is 12.8. The number of hydrogen-bond acceptors (Lipinski definition) is 5. The molecule has 2 rings (SSSR count). The zero-order chi connectivity index (χ0) is 15.6. The number of carbonyl (C=O) groups is 1. The van der Waals surface area contributed by atoms with E-state index in [9.17, 15) is 4.79 Å². The van der Waals surface area contributed by atoms with Crippen molar-refractivity contribution in [1.82, 2.24) is 9.88 Å². The van der Waals surface area contributed by atoms with Crippen LogP contribution in [0, 0.1) is 0 Å². The highest BCUT2D eigenvalue weighted by molar-refractivity contribution is 5.69. The Labute approximate surface area is 125 Å². The molecule has 1 fully saturated rings. The molecule has 2 N–H and O–H groups in total. The van der Waals surface area contributed by atoms with E-state index < -0.39 is 5.60 Å². The Bertz CT molecular complexity index is 534. The summed E-state index contributed by atoms with van der Waals surface area (Å²) in [5.74, 6) is 0.483. The van der Waals surface area contributed by atoms with Gasteiger partial charge in [-0.3, -0.25) is 0 Å². The van der Waals surface area contributed by atoms with Crippen LogP contribution in [0.15, 0.2) is 30.6 Å². The third kappa shape index (κ3) is 3.87. The molecule has 1 amide bonds. The minimum Gasteiger partial charge on any atom is -0.444 e. The molecule has 2 heterocycles. The van der Waals surface area contributed by atoms with Crippen molar-refractivity contribution < 1.29 is 9.53 Å². The molecule has 6 heteroatoms. The highest BCUT2D eigenvalue weighted by Crippen LogP contribution is 2.22. The van der Waals surface area contributed by atoms with E-state index >= 15 is 0 Å². The number of carbonyl (C=O) groups excluding carboxylic acids is 1. The first-order valence-electron chi connectivity index (χ1n) is 6.91. The van der Waals surface area contributed by atoms with E-state index in [-0.39, 0.29) is 6.09 Å². The summed E-state index contributed by atoms with van der Waals surface area (Å²) in [5.41, 5.74) is 6.86. The molecule has 0 atom stereocenters. The molecule has 0 aromatic carbocycles. The van der Waals surface area contributed by atoms with E-state index in [1.165, 1.54) is 0 Å². The first-order chi connectivity index (χ1) is 9.76. The van der Waals surface area contributed by atoms with E-state index in [0.29, 0.717) is 25.5 Å².